The maximum atomic E-state index is 6.30. The van der Waals surface area contributed by atoms with Crippen molar-refractivity contribution >= 4 is 50.4 Å². The number of hydrogen-bond acceptors (Lipinski definition) is 2. The van der Waals surface area contributed by atoms with E-state index in [0.717, 1.165) is 22.3 Å². The van der Waals surface area contributed by atoms with Gasteiger partial charge in [0.15, 0.2) is 0 Å². The second-order valence-electron chi connectivity index (χ2n) is 4.51. The van der Waals surface area contributed by atoms with Crippen LogP contribution in [0.3, 0.4) is 0 Å². The summed E-state index contributed by atoms with van der Waals surface area (Å²) in [7, 11) is 2.00. The Morgan fingerprint density at radius 1 is 1.25 bits per heavy atom. The molecule has 2 aromatic carbocycles. The molecule has 0 radical (unpaired) electrons. The number of hydrogen-bond donors (Lipinski definition) is 1. The molecule has 0 fully saturated rings. The minimum atomic E-state index is 0.356. The Morgan fingerprint density at radius 2 is 1.90 bits per heavy atom. The smallest absolute Gasteiger partial charge is 0.104 e. The summed E-state index contributed by atoms with van der Waals surface area (Å²) in [6, 6.07) is 13.9. The van der Waals surface area contributed by atoms with Crippen LogP contribution in [0.5, 0.6) is 0 Å². The Morgan fingerprint density at radius 3 is 2.45 bits per heavy atom. The van der Waals surface area contributed by atoms with Gasteiger partial charge in [-0.3, -0.25) is 0 Å². The molecular formula is C15H14BrClN2S. The molecule has 0 aliphatic rings. The van der Waals surface area contributed by atoms with Crippen molar-refractivity contribution in [3.8, 4) is 0 Å². The van der Waals surface area contributed by atoms with E-state index in [0.29, 0.717) is 10.0 Å². The Kier molecular flexibility index (Phi) is 5.02. The van der Waals surface area contributed by atoms with Crippen LogP contribution in [-0.4, -0.2) is 12.0 Å². The standard InChI is InChI=1S/C15H14BrClN2S/c1-19(9-10-2-5-12(16)6-3-10)14-7-4-11(15(18)20)8-13(14)17/h2-8H,9H2,1H3,(H2,18,20). The van der Waals surface area contributed by atoms with Crippen molar-refractivity contribution in [2.45, 2.75) is 6.54 Å². The van der Waals surface area contributed by atoms with E-state index in [4.69, 9.17) is 29.6 Å². The molecule has 0 saturated heterocycles. The van der Waals surface area contributed by atoms with E-state index in [9.17, 15) is 0 Å². The lowest BCUT2D eigenvalue weighted by Gasteiger charge is -2.21. The number of benzene rings is 2. The summed E-state index contributed by atoms with van der Waals surface area (Å²) in [5, 5.41) is 0.648. The van der Waals surface area contributed by atoms with Gasteiger partial charge in [-0.2, -0.15) is 0 Å². The largest absolute Gasteiger partial charge is 0.389 e. The summed E-state index contributed by atoms with van der Waals surface area (Å²) in [6.07, 6.45) is 0. The number of rotatable bonds is 4. The first-order chi connectivity index (χ1) is 9.47. The lowest BCUT2D eigenvalue weighted by atomic mass is 10.1. The summed E-state index contributed by atoms with van der Waals surface area (Å²) in [4.78, 5) is 2.45. The van der Waals surface area contributed by atoms with Gasteiger partial charge in [0.05, 0.1) is 10.7 Å². The fraction of sp³-hybridized carbons (Fsp3) is 0.133. The van der Waals surface area contributed by atoms with Gasteiger partial charge in [0.1, 0.15) is 4.99 Å². The van der Waals surface area contributed by atoms with E-state index in [-0.39, 0.29) is 0 Å². The number of nitrogens with two attached hydrogens (primary N) is 1. The first-order valence-corrected chi connectivity index (χ1v) is 7.60. The van der Waals surface area contributed by atoms with Gasteiger partial charge < -0.3 is 10.6 Å². The van der Waals surface area contributed by atoms with Gasteiger partial charge in [-0.15, -0.1) is 0 Å². The molecule has 2 N–H and O–H groups in total. The van der Waals surface area contributed by atoms with Crippen LogP contribution in [0.2, 0.25) is 5.02 Å². The number of nitrogens with zero attached hydrogens (tertiary/aromatic N) is 1. The normalized spacial score (nSPS) is 10.3. The molecule has 0 heterocycles. The highest BCUT2D eigenvalue weighted by Gasteiger charge is 2.08. The maximum Gasteiger partial charge on any atom is 0.104 e. The van der Waals surface area contributed by atoms with Crippen molar-refractivity contribution in [1.82, 2.24) is 0 Å². The lowest BCUT2D eigenvalue weighted by molar-refractivity contribution is 0.923. The van der Waals surface area contributed by atoms with Crippen molar-refractivity contribution < 1.29 is 0 Å². The van der Waals surface area contributed by atoms with Crippen LogP contribution >= 0.6 is 39.7 Å². The van der Waals surface area contributed by atoms with Crippen LogP contribution in [0.15, 0.2) is 46.9 Å². The first kappa shape index (κ1) is 15.3. The van der Waals surface area contributed by atoms with E-state index in [1.165, 1.54) is 5.56 Å². The molecule has 2 nitrogen and oxygen atoms in total. The van der Waals surface area contributed by atoms with Gasteiger partial charge in [0.2, 0.25) is 0 Å². The molecule has 2 aromatic rings. The summed E-state index contributed by atoms with van der Waals surface area (Å²) in [6.45, 7) is 0.777. The second kappa shape index (κ2) is 6.57. The van der Waals surface area contributed by atoms with E-state index in [1.807, 2.05) is 31.3 Å². The molecule has 0 unspecified atom stereocenters. The number of halogens is 2. The van der Waals surface area contributed by atoms with E-state index >= 15 is 0 Å². The fourth-order valence-corrected chi connectivity index (χ4v) is 2.63. The van der Waals surface area contributed by atoms with Crippen molar-refractivity contribution in [1.29, 1.82) is 0 Å². The Labute approximate surface area is 137 Å². The van der Waals surface area contributed by atoms with E-state index < -0.39 is 0 Å². The zero-order chi connectivity index (χ0) is 14.7. The average Bonchev–Trinajstić information content (AvgIpc) is 2.41. The van der Waals surface area contributed by atoms with Gasteiger partial charge in [-0.1, -0.05) is 51.9 Å². The SMILES string of the molecule is CN(Cc1ccc(Br)cc1)c1ccc(C(N)=S)cc1Cl. The van der Waals surface area contributed by atoms with Crippen molar-refractivity contribution in [2.75, 3.05) is 11.9 Å². The van der Waals surface area contributed by atoms with E-state index in [2.05, 4.69) is 33.0 Å². The van der Waals surface area contributed by atoms with Crippen LogP contribution < -0.4 is 10.6 Å². The zero-order valence-electron chi connectivity index (χ0n) is 10.9. The number of thiocarbonyl (C=S) groups is 1. The molecule has 2 rings (SSSR count). The molecule has 0 atom stereocenters. The van der Waals surface area contributed by atoms with Gasteiger partial charge in [-0.05, 0) is 35.9 Å². The zero-order valence-corrected chi connectivity index (χ0v) is 14.1. The quantitative estimate of drug-likeness (QED) is 0.811. The molecule has 0 aromatic heterocycles. The molecule has 5 heteroatoms. The molecule has 0 bridgehead atoms. The van der Waals surface area contributed by atoms with Crippen LogP contribution in [0.1, 0.15) is 11.1 Å². The minimum absolute atomic E-state index is 0.356. The highest BCUT2D eigenvalue weighted by molar-refractivity contribution is 9.10. The third-order valence-corrected chi connectivity index (χ3v) is 4.04. The Hall–Kier alpha value is -1.10. The summed E-state index contributed by atoms with van der Waals surface area (Å²) < 4.78 is 1.07. The van der Waals surface area contributed by atoms with E-state index in [1.54, 1.807) is 6.07 Å². The van der Waals surface area contributed by atoms with Gasteiger partial charge in [-0.25, -0.2) is 0 Å². The summed E-state index contributed by atoms with van der Waals surface area (Å²) in [5.74, 6) is 0. The van der Waals surface area contributed by atoms with Gasteiger partial charge in [0.25, 0.3) is 0 Å². The Bertz CT molecular complexity index is 628. The third kappa shape index (κ3) is 3.72. The predicted molar refractivity (Wildman–Crippen MR) is 93.6 cm³/mol. The molecule has 0 saturated carbocycles. The molecule has 0 aliphatic carbocycles. The van der Waals surface area contributed by atoms with Crippen molar-refractivity contribution in [2.24, 2.45) is 5.73 Å². The lowest BCUT2D eigenvalue weighted by Crippen LogP contribution is -2.17. The molecule has 104 valence electrons. The van der Waals surface area contributed by atoms with Gasteiger partial charge >= 0.3 is 0 Å². The second-order valence-corrected chi connectivity index (χ2v) is 6.28. The molecule has 20 heavy (non-hydrogen) atoms. The summed E-state index contributed by atoms with van der Waals surface area (Å²) >= 11 is 14.7. The topological polar surface area (TPSA) is 29.3 Å². The van der Waals surface area contributed by atoms with Crippen molar-refractivity contribution in [3.63, 3.8) is 0 Å². The van der Waals surface area contributed by atoms with Crippen LogP contribution in [0.4, 0.5) is 5.69 Å². The molecular weight excluding hydrogens is 356 g/mol. The number of anilines is 1. The Balaban J connectivity index is 2.18. The molecule has 0 amide bonds. The highest BCUT2D eigenvalue weighted by Crippen LogP contribution is 2.27. The highest BCUT2D eigenvalue weighted by atomic mass is 79.9. The molecule has 0 spiro atoms. The first-order valence-electron chi connectivity index (χ1n) is 6.02. The van der Waals surface area contributed by atoms with Crippen molar-refractivity contribution in [3.05, 3.63) is 63.1 Å². The maximum absolute atomic E-state index is 6.30. The summed E-state index contributed by atoms with van der Waals surface area (Å²) in [5.41, 5.74) is 8.55. The predicted octanol–water partition coefficient (Wildman–Crippen LogP) is 4.37. The monoisotopic (exact) mass is 368 g/mol. The molecule has 0 aliphatic heterocycles. The van der Waals surface area contributed by atoms with Gasteiger partial charge in [0, 0.05) is 23.6 Å². The van der Waals surface area contributed by atoms with Crippen LogP contribution in [0.25, 0.3) is 0 Å². The average molecular weight is 370 g/mol. The van der Waals surface area contributed by atoms with Crippen LogP contribution in [0, 0.1) is 0 Å². The third-order valence-electron chi connectivity index (χ3n) is 2.98. The fourth-order valence-electron chi connectivity index (χ4n) is 1.92. The minimum Gasteiger partial charge on any atom is -0.389 e. The van der Waals surface area contributed by atoms with Crippen LogP contribution in [-0.2, 0) is 6.54 Å².